The molecule has 0 bridgehead atoms. The Morgan fingerprint density at radius 2 is 2.29 bits per heavy atom. The van der Waals surface area contributed by atoms with Crippen molar-refractivity contribution in [2.75, 3.05) is 19.7 Å². The fourth-order valence-corrected chi connectivity index (χ4v) is 2.15. The van der Waals surface area contributed by atoms with Gasteiger partial charge in [-0.1, -0.05) is 20.3 Å². The Bertz CT molecular complexity index is 152. The molecule has 2 heteroatoms. The molecular formula is C12H25NO. The minimum Gasteiger partial charge on any atom is -0.374 e. The summed E-state index contributed by atoms with van der Waals surface area (Å²) in [5.74, 6) is 0.796. The normalized spacial score (nSPS) is 29.4. The molecule has 0 aromatic carbocycles. The fraction of sp³-hybridized carbons (Fsp3) is 1.00. The summed E-state index contributed by atoms with van der Waals surface area (Å²) in [4.78, 5) is 0. The van der Waals surface area contributed by atoms with Crippen molar-refractivity contribution in [3.63, 3.8) is 0 Å². The SMILES string of the molecule is CCCC(C)CNCC1(C)CCCO1. The van der Waals surface area contributed by atoms with E-state index in [0.717, 1.165) is 25.6 Å². The average molecular weight is 199 g/mol. The summed E-state index contributed by atoms with van der Waals surface area (Å²) < 4.78 is 5.72. The Morgan fingerprint density at radius 1 is 1.50 bits per heavy atom. The monoisotopic (exact) mass is 199 g/mol. The first-order valence-corrected chi connectivity index (χ1v) is 6.01. The summed E-state index contributed by atoms with van der Waals surface area (Å²) in [5, 5.41) is 3.53. The number of ether oxygens (including phenoxy) is 1. The van der Waals surface area contributed by atoms with Gasteiger partial charge in [0.05, 0.1) is 5.60 Å². The maximum absolute atomic E-state index is 5.72. The van der Waals surface area contributed by atoms with Gasteiger partial charge in [-0.2, -0.15) is 0 Å². The summed E-state index contributed by atoms with van der Waals surface area (Å²) in [7, 11) is 0. The summed E-state index contributed by atoms with van der Waals surface area (Å²) in [6.07, 6.45) is 5.05. The zero-order chi connectivity index (χ0) is 10.4. The highest BCUT2D eigenvalue weighted by atomic mass is 16.5. The molecule has 1 heterocycles. The summed E-state index contributed by atoms with van der Waals surface area (Å²) in [6.45, 7) is 9.88. The maximum atomic E-state index is 5.72. The van der Waals surface area contributed by atoms with Crippen LogP contribution in [0, 0.1) is 5.92 Å². The van der Waals surface area contributed by atoms with Gasteiger partial charge in [0, 0.05) is 13.2 Å². The molecule has 0 radical (unpaired) electrons. The van der Waals surface area contributed by atoms with Crippen LogP contribution in [0.3, 0.4) is 0 Å². The van der Waals surface area contributed by atoms with E-state index in [1.165, 1.54) is 25.7 Å². The van der Waals surface area contributed by atoms with Crippen LogP contribution >= 0.6 is 0 Å². The van der Waals surface area contributed by atoms with Gasteiger partial charge in [0.1, 0.15) is 0 Å². The van der Waals surface area contributed by atoms with Crippen LogP contribution in [0.1, 0.15) is 46.5 Å². The second-order valence-corrected chi connectivity index (χ2v) is 4.93. The predicted molar refractivity (Wildman–Crippen MR) is 60.5 cm³/mol. The Kier molecular flexibility index (Phi) is 4.90. The molecule has 0 saturated carbocycles. The highest BCUT2D eigenvalue weighted by Crippen LogP contribution is 2.23. The first kappa shape index (κ1) is 12.0. The lowest BCUT2D eigenvalue weighted by Crippen LogP contribution is -2.38. The van der Waals surface area contributed by atoms with Crippen LogP contribution < -0.4 is 5.32 Å². The zero-order valence-electron chi connectivity index (χ0n) is 9.94. The lowest BCUT2D eigenvalue weighted by Gasteiger charge is -2.24. The largest absolute Gasteiger partial charge is 0.374 e. The molecule has 0 spiro atoms. The molecule has 2 nitrogen and oxygen atoms in total. The van der Waals surface area contributed by atoms with Crippen molar-refractivity contribution >= 4 is 0 Å². The third-order valence-corrected chi connectivity index (χ3v) is 3.07. The van der Waals surface area contributed by atoms with Crippen LogP contribution in [0.4, 0.5) is 0 Å². The van der Waals surface area contributed by atoms with Crippen LogP contribution in [-0.2, 0) is 4.74 Å². The molecule has 1 aliphatic heterocycles. The van der Waals surface area contributed by atoms with Gasteiger partial charge in [-0.3, -0.25) is 0 Å². The Hall–Kier alpha value is -0.0800. The molecule has 0 amide bonds. The van der Waals surface area contributed by atoms with Crippen LogP contribution in [0.25, 0.3) is 0 Å². The van der Waals surface area contributed by atoms with E-state index in [1.54, 1.807) is 0 Å². The molecule has 0 aliphatic carbocycles. The number of hydrogen-bond donors (Lipinski definition) is 1. The second kappa shape index (κ2) is 5.72. The van der Waals surface area contributed by atoms with Crippen LogP contribution in [0.15, 0.2) is 0 Å². The molecule has 1 fully saturated rings. The highest BCUT2D eigenvalue weighted by Gasteiger charge is 2.28. The molecule has 2 unspecified atom stereocenters. The summed E-state index contributed by atoms with van der Waals surface area (Å²) in [5.41, 5.74) is 0.117. The minimum absolute atomic E-state index is 0.117. The molecule has 2 atom stereocenters. The minimum atomic E-state index is 0.117. The first-order valence-electron chi connectivity index (χ1n) is 6.01. The van der Waals surface area contributed by atoms with Gasteiger partial charge >= 0.3 is 0 Å². The van der Waals surface area contributed by atoms with Crippen molar-refractivity contribution in [1.29, 1.82) is 0 Å². The van der Waals surface area contributed by atoms with E-state index < -0.39 is 0 Å². The van der Waals surface area contributed by atoms with Crippen molar-refractivity contribution in [3.05, 3.63) is 0 Å². The van der Waals surface area contributed by atoms with Crippen LogP contribution in [0.5, 0.6) is 0 Å². The molecule has 1 N–H and O–H groups in total. The quantitative estimate of drug-likeness (QED) is 0.710. The van der Waals surface area contributed by atoms with E-state index in [1.807, 2.05) is 0 Å². The average Bonchev–Trinajstić information content (AvgIpc) is 2.53. The second-order valence-electron chi connectivity index (χ2n) is 4.93. The maximum Gasteiger partial charge on any atom is 0.0779 e. The molecule has 1 rings (SSSR count). The Morgan fingerprint density at radius 3 is 2.86 bits per heavy atom. The van der Waals surface area contributed by atoms with Crippen molar-refractivity contribution in [2.45, 2.75) is 52.1 Å². The van der Waals surface area contributed by atoms with Gasteiger partial charge in [-0.05, 0) is 38.6 Å². The van der Waals surface area contributed by atoms with Crippen molar-refractivity contribution in [1.82, 2.24) is 5.32 Å². The standard InChI is InChI=1S/C12H25NO/c1-4-6-11(2)9-13-10-12(3)7-5-8-14-12/h11,13H,4-10H2,1-3H3. The van der Waals surface area contributed by atoms with Gasteiger partial charge in [0.2, 0.25) is 0 Å². The first-order chi connectivity index (χ1) is 6.66. The van der Waals surface area contributed by atoms with E-state index in [4.69, 9.17) is 4.74 Å². The van der Waals surface area contributed by atoms with Crippen LogP contribution in [0.2, 0.25) is 0 Å². The topological polar surface area (TPSA) is 21.3 Å². The van der Waals surface area contributed by atoms with Gasteiger partial charge in [0.25, 0.3) is 0 Å². The van der Waals surface area contributed by atoms with Gasteiger partial charge in [0.15, 0.2) is 0 Å². The van der Waals surface area contributed by atoms with Crippen molar-refractivity contribution < 1.29 is 4.74 Å². The third-order valence-electron chi connectivity index (χ3n) is 3.07. The lowest BCUT2D eigenvalue weighted by molar-refractivity contribution is 0.0204. The number of hydrogen-bond acceptors (Lipinski definition) is 2. The summed E-state index contributed by atoms with van der Waals surface area (Å²) in [6, 6.07) is 0. The van der Waals surface area contributed by atoms with Gasteiger partial charge < -0.3 is 10.1 Å². The Balaban J connectivity index is 2.08. The van der Waals surface area contributed by atoms with E-state index in [9.17, 15) is 0 Å². The Labute approximate surface area is 88.4 Å². The molecule has 0 aromatic rings. The summed E-state index contributed by atoms with van der Waals surface area (Å²) >= 11 is 0. The molecule has 84 valence electrons. The molecule has 14 heavy (non-hydrogen) atoms. The highest BCUT2D eigenvalue weighted by molar-refractivity contribution is 4.82. The van der Waals surface area contributed by atoms with Crippen molar-refractivity contribution in [2.24, 2.45) is 5.92 Å². The zero-order valence-corrected chi connectivity index (χ0v) is 9.94. The molecular weight excluding hydrogens is 174 g/mol. The number of nitrogens with one attached hydrogen (secondary N) is 1. The molecule has 0 aromatic heterocycles. The fourth-order valence-electron chi connectivity index (χ4n) is 2.15. The predicted octanol–water partition coefficient (Wildman–Crippen LogP) is 2.58. The smallest absolute Gasteiger partial charge is 0.0779 e. The van der Waals surface area contributed by atoms with Gasteiger partial charge in [-0.15, -0.1) is 0 Å². The third kappa shape index (κ3) is 3.97. The number of rotatable bonds is 6. The van der Waals surface area contributed by atoms with E-state index in [0.29, 0.717) is 0 Å². The van der Waals surface area contributed by atoms with E-state index in [-0.39, 0.29) is 5.60 Å². The van der Waals surface area contributed by atoms with Gasteiger partial charge in [-0.25, -0.2) is 0 Å². The van der Waals surface area contributed by atoms with Crippen molar-refractivity contribution in [3.8, 4) is 0 Å². The van der Waals surface area contributed by atoms with Crippen LogP contribution in [-0.4, -0.2) is 25.3 Å². The lowest BCUT2D eigenvalue weighted by atomic mass is 10.0. The van der Waals surface area contributed by atoms with E-state index >= 15 is 0 Å². The van der Waals surface area contributed by atoms with E-state index in [2.05, 4.69) is 26.1 Å². The molecule has 1 saturated heterocycles. The molecule has 1 aliphatic rings.